The Labute approximate surface area is 199 Å². The van der Waals surface area contributed by atoms with Crippen molar-refractivity contribution in [2.24, 2.45) is 5.92 Å². The van der Waals surface area contributed by atoms with Gasteiger partial charge in [0, 0.05) is 22.9 Å². The highest BCUT2D eigenvalue weighted by atomic mass is 32.1. The van der Waals surface area contributed by atoms with Crippen molar-refractivity contribution in [1.29, 1.82) is 0 Å². The first-order valence-electron chi connectivity index (χ1n) is 12.0. The number of carbonyl (C=O) groups excluding carboxylic acids is 1. The van der Waals surface area contributed by atoms with E-state index in [9.17, 15) is 14.7 Å². The molecular formula is C26H33N3O3S. The third-order valence-corrected chi connectivity index (χ3v) is 7.69. The van der Waals surface area contributed by atoms with Crippen molar-refractivity contribution < 1.29 is 14.7 Å². The second kappa shape index (κ2) is 10.5. The number of carbonyl (C=O) groups is 2. The Morgan fingerprint density at radius 2 is 2.03 bits per heavy atom. The zero-order valence-electron chi connectivity index (χ0n) is 19.4. The molecule has 6 nitrogen and oxygen atoms in total. The molecule has 0 radical (unpaired) electrons. The zero-order valence-corrected chi connectivity index (χ0v) is 20.2. The number of nitrogens with one attached hydrogen (secondary N) is 1. The first-order valence-corrected chi connectivity index (χ1v) is 12.9. The molecule has 1 fully saturated rings. The smallest absolute Gasteiger partial charge is 0.326 e. The molecular weight excluding hydrogens is 434 g/mol. The fraction of sp³-hybridized carbons (Fsp3) is 0.500. The molecule has 33 heavy (non-hydrogen) atoms. The van der Waals surface area contributed by atoms with Gasteiger partial charge in [-0.05, 0) is 54.8 Å². The number of carboxylic acid groups (broad SMARTS) is 1. The van der Waals surface area contributed by atoms with E-state index in [0.717, 1.165) is 42.5 Å². The molecule has 1 aliphatic carbocycles. The van der Waals surface area contributed by atoms with E-state index in [1.165, 1.54) is 24.1 Å². The van der Waals surface area contributed by atoms with Crippen molar-refractivity contribution in [3.63, 3.8) is 0 Å². The summed E-state index contributed by atoms with van der Waals surface area (Å²) in [5, 5.41) is 14.4. The van der Waals surface area contributed by atoms with E-state index in [2.05, 4.69) is 27.4 Å². The van der Waals surface area contributed by atoms with E-state index in [-0.39, 0.29) is 11.8 Å². The van der Waals surface area contributed by atoms with Crippen molar-refractivity contribution in [2.75, 3.05) is 0 Å². The molecule has 1 saturated carbocycles. The number of benzene rings is 1. The van der Waals surface area contributed by atoms with Gasteiger partial charge in [-0.1, -0.05) is 45.6 Å². The summed E-state index contributed by atoms with van der Waals surface area (Å²) in [7, 11) is 0. The predicted molar refractivity (Wildman–Crippen MR) is 132 cm³/mol. The monoisotopic (exact) mass is 467 g/mol. The Morgan fingerprint density at radius 1 is 1.24 bits per heavy atom. The van der Waals surface area contributed by atoms with E-state index < -0.39 is 12.0 Å². The molecule has 0 aliphatic heterocycles. The minimum Gasteiger partial charge on any atom is -0.480 e. The number of hydrogen-bond acceptors (Lipinski definition) is 4. The van der Waals surface area contributed by atoms with Crippen molar-refractivity contribution in [3.05, 3.63) is 52.0 Å². The van der Waals surface area contributed by atoms with Gasteiger partial charge < -0.3 is 15.0 Å². The SMILES string of the molecule is CCC(C)CC(NC(=O)c1ccc2c(c1)nc(Cc1cccs1)n2C1CCCCC1)C(=O)O. The molecule has 1 aromatic carbocycles. The van der Waals surface area contributed by atoms with Crippen LogP contribution in [0.25, 0.3) is 11.0 Å². The predicted octanol–water partition coefficient (Wildman–Crippen LogP) is 5.81. The number of aromatic nitrogens is 2. The number of nitrogens with zero attached hydrogens (tertiary/aromatic N) is 2. The summed E-state index contributed by atoms with van der Waals surface area (Å²) < 4.78 is 2.39. The third-order valence-electron chi connectivity index (χ3n) is 6.82. The van der Waals surface area contributed by atoms with Gasteiger partial charge in [0.25, 0.3) is 5.91 Å². The van der Waals surface area contributed by atoms with Crippen molar-refractivity contribution in [3.8, 4) is 0 Å². The van der Waals surface area contributed by atoms with Crippen molar-refractivity contribution in [1.82, 2.24) is 14.9 Å². The lowest BCUT2D eigenvalue weighted by atomic mass is 9.95. The number of thiophene rings is 1. The Kier molecular flexibility index (Phi) is 7.48. The normalized spacial score (nSPS) is 16.5. The lowest BCUT2D eigenvalue weighted by Crippen LogP contribution is -2.41. The summed E-state index contributed by atoms with van der Waals surface area (Å²) >= 11 is 1.73. The van der Waals surface area contributed by atoms with Gasteiger partial charge in [-0.2, -0.15) is 0 Å². The lowest BCUT2D eigenvalue weighted by molar-refractivity contribution is -0.139. The van der Waals surface area contributed by atoms with Crippen LogP contribution in [0.5, 0.6) is 0 Å². The van der Waals surface area contributed by atoms with Crippen LogP contribution in [0.4, 0.5) is 0 Å². The first kappa shape index (κ1) is 23.5. The molecule has 2 N–H and O–H groups in total. The molecule has 0 saturated heterocycles. The quantitative estimate of drug-likeness (QED) is 0.416. The van der Waals surface area contributed by atoms with Crippen molar-refractivity contribution >= 4 is 34.2 Å². The molecule has 4 rings (SSSR count). The Morgan fingerprint density at radius 3 is 2.70 bits per heavy atom. The molecule has 176 valence electrons. The summed E-state index contributed by atoms with van der Waals surface area (Å²) in [6, 6.07) is 9.34. The van der Waals surface area contributed by atoms with E-state index in [1.807, 2.05) is 26.0 Å². The number of carboxylic acids is 1. The summed E-state index contributed by atoms with van der Waals surface area (Å²) in [6.45, 7) is 4.02. The fourth-order valence-corrected chi connectivity index (χ4v) is 5.46. The van der Waals surface area contributed by atoms with E-state index in [4.69, 9.17) is 4.98 Å². The fourth-order valence-electron chi connectivity index (χ4n) is 4.76. The van der Waals surface area contributed by atoms with Gasteiger partial charge in [-0.25, -0.2) is 9.78 Å². The summed E-state index contributed by atoms with van der Waals surface area (Å²) in [5.41, 5.74) is 2.31. The molecule has 1 amide bonds. The van der Waals surface area contributed by atoms with Gasteiger partial charge in [0.1, 0.15) is 11.9 Å². The van der Waals surface area contributed by atoms with Gasteiger partial charge in [0.05, 0.1) is 11.0 Å². The van der Waals surface area contributed by atoms with E-state index in [1.54, 1.807) is 17.4 Å². The Bertz CT molecular complexity index is 1100. The average Bonchev–Trinajstić information content (AvgIpc) is 3.45. The maximum atomic E-state index is 12.9. The highest BCUT2D eigenvalue weighted by Gasteiger charge is 2.25. The van der Waals surface area contributed by atoms with Crippen LogP contribution in [-0.4, -0.2) is 32.6 Å². The van der Waals surface area contributed by atoms with Gasteiger partial charge in [0.2, 0.25) is 0 Å². The molecule has 2 atom stereocenters. The van der Waals surface area contributed by atoms with Crippen LogP contribution in [0.3, 0.4) is 0 Å². The molecule has 2 unspecified atom stereocenters. The number of hydrogen-bond donors (Lipinski definition) is 2. The molecule has 2 aromatic heterocycles. The maximum Gasteiger partial charge on any atom is 0.326 e. The highest BCUT2D eigenvalue weighted by Crippen LogP contribution is 2.34. The van der Waals surface area contributed by atoms with Crippen LogP contribution in [0.1, 0.15) is 85.9 Å². The molecule has 0 bridgehead atoms. The number of amides is 1. The van der Waals surface area contributed by atoms with Crippen LogP contribution in [0.15, 0.2) is 35.7 Å². The van der Waals surface area contributed by atoms with Gasteiger partial charge in [-0.3, -0.25) is 4.79 Å². The number of imidazole rings is 1. The standard InChI is InChI=1S/C26H33N3O3S/c1-3-17(2)14-22(26(31)32)28-25(30)18-11-12-23-21(15-18)27-24(16-20-10-7-13-33-20)29(23)19-8-5-4-6-9-19/h7,10-13,15,17,19,22H,3-6,8-9,14,16H2,1-2H3,(H,28,30)(H,31,32). The zero-order chi connectivity index (χ0) is 23.4. The van der Waals surface area contributed by atoms with Crippen LogP contribution in [-0.2, 0) is 11.2 Å². The first-order chi connectivity index (χ1) is 16.0. The number of aliphatic carboxylic acids is 1. The Hall–Kier alpha value is -2.67. The van der Waals surface area contributed by atoms with Crippen LogP contribution in [0.2, 0.25) is 0 Å². The second-order valence-electron chi connectivity index (χ2n) is 9.26. The minimum absolute atomic E-state index is 0.222. The molecule has 3 aromatic rings. The topological polar surface area (TPSA) is 84.2 Å². The van der Waals surface area contributed by atoms with Gasteiger partial charge in [0.15, 0.2) is 0 Å². The third kappa shape index (κ3) is 5.46. The molecule has 0 spiro atoms. The maximum absolute atomic E-state index is 12.9. The lowest BCUT2D eigenvalue weighted by Gasteiger charge is -2.25. The van der Waals surface area contributed by atoms with E-state index >= 15 is 0 Å². The Balaban J connectivity index is 1.63. The largest absolute Gasteiger partial charge is 0.480 e. The minimum atomic E-state index is -0.996. The van der Waals surface area contributed by atoms with Gasteiger partial charge in [-0.15, -0.1) is 11.3 Å². The van der Waals surface area contributed by atoms with Gasteiger partial charge >= 0.3 is 5.97 Å². The van der Waals surface area contributed by atoms with Crippen LogP contribution < -0.4 is 5.32 Å². The summed E-state index contributed by atoms with van der Waals surface area (Å²) in [4.78, 5) is 30.8. The molecule has 2 heterocycles. The summed E-state index contributed by atoms with van der Waals surface area (Å²) in [5.74, 6) is -0.0962. The van der Waals surface area contributed by atoms with Crippen LogP contribution in [0, 0.1) is 5.92 Å². The number of rotatable bonds is 9. The van der Waals surface area contributed by atoms with Crippen LogP contribution >= 0.6 is 11.3 Å². The molecule has 7 heteroatoms. The van der Waals surface area contributed by atoms with E-state index in [0.29, 0.717) is 18.0 Å². The summed E-state index contributed by atoms with van der Waals surface area (Å²) in [6.07, 6.45) is 8.13. The van der Waals surface area contributed by atoms with Crippen molar-refractivity contribution in [2.45, 2.75) is 77.3 Å². The number of fused-ring (bicyclic) bond motifs is 1. The molecule has 1 aliphatic rings. The highest BCUT2D eigenvalue weighted by molar-refractivity contribution is 7.09. The second-order valence-corrected chi connectivity index (χ2v) is 10.3. The average molecular weight is 468 g/mol.